The molecule has 0 saturated carbocycles. The van der Waals surface area contributed by atoms with Gasteiger partial charge in [0.1, 0.15) is 0 Å². The average molecular weight is 362 g/mol. The fraction of sp³-hybridized carbons (Fsp3) is 0.0909. The molecule has 26 heavy (non-hydrogen) atoms. The van der Waals surface area contributed by atoms with E-state index in [4.69, 9.17) is 11.6 Å². The fourth-order valence-electron chi connectivity index (χ4n) is 3.13. The average Bonchev–Trinajstić information content (AvgIpc) is 3.04. The molecule has 0 aliphatic carbocycles. The Morgan fingerprint density at radius 2 is 1.85 bits per heavy atom. The van der Waals surface area contributed by atoms with Crippen molar-refractivity contribution in [2.45, 2.75) is 13.1 Å². The summed E-state index contributed by atoms with van der Waals surface area (Å²) in [4.78, 5) is 12.5. The maximum atomic E-state index is 12.5. The Morgan fingerprint density at radius 3 is 2.65 bits per heavy atom. The lowest BCUT2D eigenvalue weighted by Crippen LogP contribution is -2.33. The molecule has 0 radical (unpaired) electrons. The van der Waals surface area contributed by atoms with Crippen LogP contribution in [0.5, 0.6) is 0 Å². The number of ketones is 1. The number of Topliss-reactive ketones (excluding diaryl/α,β-unsaturated/α-hetero) is 1. The molecule has 0 fully saturated rings. The van der Waals surface area contributed by atoms with E-state index in [9.17, 15) is 4.79 Å². The molecule has 4 aromatic rings. The molecule has 0 N–H and O–H groups in total. The predicted octanol–water partition coefficient (Wildman–Crippen LogP) is 4.51. The molecule has 0 atom stereocenters. The van der Waals surface area contributed by atoms with E-state index in [1.165, 1.54) is 5.56 Å². The monoisotopic (exact) mass is 361 g/mol. The zero-order valence-corrected chi connectivity index (χ0v) is 14.9. The minimum absolute atomic E-state index is 0.0472. The molecule has 0 bridgehead atoms. The number of aromatic nitrogens is 2. The summed E-state index contributed by atoms with van der Waals surface area (Å²) in [6.45, 7) is 1.12. The van der Waals surface area contributed by atoms with E-state index in [-0.39, 0.29) is 5.78 Å². The van der Waals surface area contributed by atoms with Gasteiger partial charge in [0.15, 0.2) is 24.7 Å². The van der Waals surface area contributed by atoms with E-state index >= 15 is 0 Å². The van der Waals surface area contributed by atoms with Crippen LogP contribution in [0.25, 0.3) is 10.9 Å². The molecule has 0 unspecified atom stereocenters. The van der Waals surface area contributed by atoms with Crippen LogP contribution < -0.4 is 4.57 Å². The van der Waals surface area contributed by atoms with Gasteiger partial charge in [0.05, 0.1) is 17.4 Å². The Labute approximate surface area is 157 Å². The Balaban J connectivity index is 1.56. The van der Waals surface area contributed by atoms with Crippen molar-refractivity contribution >= 4 is 28.3 Å². The summed E-state index contributed by atoms with van der Waals surface area (Å²) in [6, 6.07) is 21.5. The second-order valence-corrected chi connectivity index (χ2v) is 6.76. The maximum Gasteiger partial charge on any atom is 0.182 e. The maximum absolute atomic E-state index is 12.5. The molecule has 4 heteroatoms. The molecule has 0 spiro atoms. The van der Waals surface area contributed by atoms with Gasteiger partial charge < -0.3 is 4.57 Å². The highest BCUT2D eigenvalue weighted by atomic mass is 35.5. The molecule has 0 aliphatic rings. The second kappa shape index (κ2) is 7.14. The van der Waals surface area contributed by atoms with Crippen LogP contribution in [0.2, 0.25) is 5.02 Å². The largest absolute Gasteiger partial charge is 0.339 e. The number of nitrogens with zero attached hydrogens (tertiary/aromatic N) is 2. The van der Waals surface area contributed by atoms with Gasteiger partial charge in [0.25, 0.3) is 0 Å². The van der Waals surface area contributed by atoms with Crippen LogP contribution in [0.3, 0.4) is 0 Å². The highest BCUT2D eigenvalue weighted by Gasteiger charge is 2.12. The summed E-state index contributed by atoms with van der Waals surface area (Å²) in [5.41, 5.74) is 2.94. The number of hydrogen-bond donors (Lipinski definition) is 0. The predicted molar refractivity (Wildman–Crippen MR) is 103 cm³/mol. The third-order valence-electron chi connectivity index (χ3n) is 4.44. The second-order valence-electron chi connectivity index (χ2n) is 6.32. The van der Waals surface area contributed by atoms with Crippen LogP contribution >= 0.6 is 11.6 Å². The summed E-state index contributed by atoms with van der Waals surface area (Å²) < 4.78 is 4.13. The van der Waals surface area contributed by atoms with E-state index in [0.29, 0.717) is 17.1 Å². The third kappa shape index (κ3) is 3.53. The van der Waals surface area contributed by atoms with Crippen molar-refractivity contribution in [2.24, 2.45) is 0 Å². The first-order valence-electron chi connectivity index (χ1n) is 8.50. The van der Waals surface area contributed by atoms with E-state index < -0.39 is 0 Å². The molecule has 4 rings (SSSR count). The van der Waals surface area contributed by atoms with Gasteiger partial charge in [0, 0.05) is 28.4 Å². The van der Waals surface area contributed by atoms with Crippen molar-refractivity contribution < 1.29 is 9.36 Å². The fourth-order valence-corrected chi connectivity index (χ4v) is 3.32. The minimum Gasteiger partial charge on any atom is -0.339 e. The molecular weight excluding hydrogens is 344 g/mol. The molecule has 0 aliphatic heterocycles. The van der Waals surface area contributed by atoms with Gasteiger partial charge in [-0.3, -0.25) is 4.79 Å². The van der Waals surface area contributed by atoms with E-state index in [0.717, 1.165) is 17.4 Å². The van der Waals surface area contributed by atoms with Gasteiger partial charge in [-0.25, -0.2) is 4.57 Å². The third-order valence-corrected chi connectivity index (χ3v) is 4.67. The summed E-state index contributed by atoms with van der Waals surface area (Å²) in [7, 11) is 0. The zero-order valence-electron chi connectivity index (χ0n) is 14.2. The molecule has 0 saturated heterocycles. The number of carbonyl (C=O) groups excluding carboxylic acids is 1. The number of benzene rings is 2. The Bertz CT molecular complexity index is 1070. The van der Waals surface area contributed by atoms with E-state index in [1.807, 2.05) is 35.0 Å². The van der Waals surface area contributed by atoms with Crippen molar-refractivity contribution in [1.29, 1.82) is 0 Å². The Kier molecular flexibility index (Phi) is 4.55. The van der Waals surface area contributed by atoms with Crippen molar-refractivity contribution in [3.05, 3.63) is 101 Å². The summed E-state index contributed by atoms with van der Waals surface area (Å²) >= 11 is 5.99. The van der Waals surface area contributed by atoms with Crippen molar-refractivity contribution in [3.63, 3.8) is 0 Å². The van der Waals surface area contributed by atoms with Crippen LogP contribution in [0.1, 0.15) is 15.9 Å². The molecule has 128 valence electrons. The first kappa shape index (κ1) is 16.6. The van der Waals surface area contributed by atoms with Crippen LogP contribution in [-0.2, 0) is 13.1 Å². The first-order chi connectivity index (χ1) is 12.7. The lowest BCUT2D eigenvalue weighted by atomic mass is 10.1. The number of pyridine rings is 1. The molecule has 0 amide bonds. The standard InChI is InChI=1S/C22H18ClN2O/c23-20-8-4-7-18(13-20)22(26)16-25-12-9-19-15-24(11-10-21(19)25)14-17-5-2-1-3-6-17/h1-13,15H,14,16H2/q+1. The van der Waals surface area contributed by atoms with Crippen LogP contribution in [-0.4, -0.2) is 10.4 Å². The van der Waals surface area contributed by atoms with Crippen molar-refractivity contribution in [1.82, 2.24) is 4.57 Å². The molecule has 2 aromatic heterocycles. The lowest BCUT2D eigenvalue weighted by molar-refractivity contribution is -0.687. The highest BCUT2D eigenvalue weighted by molar-refractivity contribution is 6.31. The summed E-state index contributed by atoms with van der Waals surface area (Å²) in [5.74, 6) is 0.0472. The lowest BCUT2D eigenvalue weighted by Gasteiger charge is -2.05. The number of carbonyl (C=O) groups is 1. The van der Waals surface area contributed by atoms with Crippen LogP contribution in [0.15, 0.2) is 85.3 Å². The van der Waals surface area contributed by atoms with Crippen LogP contribution in [0, 0.1) is 0 Å². The Morgan fingerprint density at radius 1 is 1.00 bits per heavy atom. The quantitative estimate of drug-likeness (QED) is 0.379. The molecule has 2 heterocycles. The van der Waals surface area contributed by atoms with E-state index in [1.54, 1.807) is 24.3 Å². The van der Waals surface area contributed by atoms with Gasteiger partial charge in [-0.1, -0.05) is 54.1 Å². The number of halogens is 1. The normalized spacial score (nSPS) is 11.0. The zero-order chi connectivity index (χ0) is 17.9. The molecular formula is C22H18ClN2O+. The van der Waals surface area contributed by atoms with Crippen LogP contribution in [0.4, 0.5) is 0 Å². The van der Waals surface area contributed by atoms with Gasteiger partial charge >= 0.3 is 0 Å². The summed E-state index contributed by atoms with van der Waals surface area (Å²) in [5, 5.41) is 1.69. The first-order valence-corrected chi connectivity index (χ1v) is 8.87. The number of hydrogen-bond acceptors (Lipinski definition) is 1. The van der Waals surface area contributed by atoms with Gasteiger partial charge in [-0.05, 0) is 18.2 Å². The van der Waals surface area contributed by atoms with Crippen molar-refractivity contribution in [3.8, 4) is 0 Å². The summed E-state index contributed by atoms with van der Waals surface area (Å²) in [6.07, 6.45) is 6.12. The van der Waals surface area contributed by atoms with Crippen molar-refractivity contribution in [2.75, 3.05) is 0 Å². The number of fused-ring (bicyclic) bond motifs is 1. The topological polar surface area (TPSA) is 25.9 Å². The molecule has 3 nitrogen and oxygen atoms in total. The van der Waals surface area contributed by atoms with Gasteiger partial charge in [0.2, 0.25) is 0 Å². The van der Waals surface area contributed by atoms with E-state index in [2.05, 4.69) is 35.2 Å². The van der Waals surface area contributed by atoms with Gasteiger partial charge in [-0.2, -0.15) is 0 Å². The number of rotatable bonds is 5. The highest BCUT2D eigenvalue weighted by Crippen LogP contribution is 2.16. The SMILES string of the molecule is O=C(Cn1ccc2c[n+](Cc3ccccc3)ccc21)c1cccc(Cl)c1. The molecule has 2 aromatic carbocycles. The van der Waals surface area contributed by atoms with Gasteiger partial charge in [-0.15, -0.1) is 0 Å². The Hall–Kier alpha value is -2.91. The smallest absolute Gasteiger partial charge is 0.182 e. The minimum atomic E-state index is 0.0472.